The molecule has 0 aliphatic rings. The normalized spacial score (nSPS) is 10.3. The molecule has 8 heteroatoms. The smallest absolute Gasteiger partial charge is 0.272 e. The number of anilines is 1. The molecule has 0 aliphatic carbocycles. The molecule has 136 valence electrons. The van der Waals surface area contributed by atoms with Crippen LogP contribution in [-0.4, -0.2) is 35.2 Å². The number of non-ortho nitro benzene ring substituents is 1. The van der Waals surface area contributed by atoms with E-state index in [4.69, 9.17) is 0 Å². The lowest BCUT2D eigenvalue weighted by atomic mass is 10.1. The number of benzene rings is 2. The van der Waals surface area contributed by atoms with E-state index in [2.05, 4.69) is 5.32 Å². The molecule has 7 nitrogen and oxygen atoms in total. The second-order valence-electron chi connectivity index (χ2n) is 5.64. The van der Waals surface area contributed by atoms with Crippen molar-refractivity contribution in [3.8, 4) is 0 Å². The van der Waals surface area contributed by atoms with Crippen molar-refractivity contribution in [2.75, 3.05) is 18.9 Å². The van der Waals surface area contributed by atoms with Crippen LogP contribution in [0.2, 0.25) is 0 Å². The summed E-state index contributed by atoms with van der Waals surface area (Å²) in [6.07, 6.45) is 0.735. The Bertz CT molecular complexity index is 854. The third-order valence-corrected chi connectivity index (χ3v) is 3.79. The molecule has 2 rings (SSSR count). The molecule has 0 bridgehead atoms. The largest absolute Gasteiger partial charge is 0.332 e. The van der Waals surface area contributed by atoms with Gasteiger partial charge in [-0.05, 0) is 24.1 Å². The van der Waals surface area contributed by atoms with Gasteiger partial charge >= 0.3 is 0 Å². The van der Waals surface area contributed by atoms with Gasteiger partial charge in [-0.2, -0.15) is 0 Å². The van der Waals surface area contributed by atoms with Crippen molar-refractivity contribution in [3.05, 3.63) is 69.5 Å². The van der Waals surface area contributed by atoms with Crippen LogP contribution in [0.5, 0.6) is 0 Å². The second-order valence-corrected chi connectivity index (χ2v) is 5.64. The van der Waals surface area contributed by atoms with E-state index in [1.807, 2.05) is 19.1 Å². The third-order valence-electron chi connectivity index (χ3n) is 3.79. The highest BCUT2D eigenvalue weighted by Crippen LogP contribution is 2.18. The molecule has 0 spiro atoms. The third kappa shape index (κ3) is 4.41. The second kappa shape index (κ2) is 8.19. The summed E-state index contributed by atoms with van der Waals surface area (Å²) in [7, 11) is 1.36. The van der Waals surface area contributed by atoms with Crippen molar-refractivity contribution in [2.45, 2.75) is 13.3 Å². The van der Waals surface area contributed by atoms with Crippen molar-refractivity contribution < 1.29 is 18.9 Å². The highest BCUT2D eigenvalue weighted by atomic mass is 19.1. The molecule has 0 atom stereocenters. The minimum Gasteiger partial charge on any atom is -0.332 e. The fraction of sp³-hybridized carbons (Fsp3) is 0.222. The maximum Gasteiger partial charge on any atom is 0.272 e. The molecule has 0 radical (unpaired) electrons. The number of carbonyl (C=O) groups is 2. The fourth-order valence-electron chi connectivity index (χ4n) is 2.42. The van der Waals surface area contributed by atoms with E-state index in [1.165, 1.54) is 7.05 Å². The summed E-state index contributed by atoms with van der Waals surface area (Å²) in [5.74, 6) is -2.17. The van der Waals surface area contributed by atoms with Crippen LogP contribution >= 0.6 is 0 Å². The van der Waals surface area contributed by atoms with Crippen LogP contribution in [0.1, 0.15) is 22.8 Å². The summed E-state index contributed by atoms with van der Waals surface area (Å²) in [5, 5.41) is 13.4. The van der Waals surface area contributed by atoms with E-state index >= 15 is 0 Å². The first-order valence-electron chi connectivity index (χ1n) is 7.90. The van der Waals surface area contributed by atoms with Crippen LogP contribution in [0, 0.1) is 15.9 Å². The summed E-state index contributed by atoms with van der Waals surface area (Å²) in [4.78, 5) is 35.4. The summed E-state index contributed by atoms with van der Waals surface area (Å²) in [6, 6.07) is 10.1. The molecule has 0 unspecified atom stereocenters. The number of nitro groups is 1. The number of hydrogen-bond donors (Lipinski definition) is 1. The molecule has 26 heavy (non-hydrogen) atoms. The van der Waals surface area contributed by atoms with Crippen molar-refractivity contribution in [3.63, 3.8) is 0 Å². The molecular formula is C18H18FN3O4. The number of para-hydroxylation sites is 1. The van der Waals surface area contributed by atoms with E-state index < -0.39 is 28.2 Å². The minimum atomic E-state index is -1.01. The van der Waals surface area contributed by atoms with E-state index in [1.54, 1.807) is 12.1 Å². The van der Waals surface area contributed by atoms with Crippen molar-refractivity contribution in [1.82, 2.24) is 4.90 Å². The molecule has 0 heterocycles. The molecule has 0 fully saturated rings. The first-order valence-corrected chi connectivity index (χ1v) is 7.90. The molecule has 0 aromatic heterocycles. The van der Waals surface area contributed by atoms with Crippen LogP contribution in [-0.2, 0) is 11.2 Å². The van der Waals surface area contributed by atoms with E-state index in [0.29, 0.717) is 11.8 Å². The zero-order valence-corrected chi connectivity index (χ0v) is 14.4. The lowest BCUT2D eigenvalue weighted by Crippen LogP contribution is -2.35. The van der Waals surface area contributed by atoms with Gasteiger partial charge in [0.25, 0.3) is 11.6 Å². The zero-order valence-electron chi connectivity index (χ0n) is 14.4. The average molecular weight is 359 g/mol. The summed E-state index contributed by atoms with van der Waals surface area (Å²) in [6.45, 7) is 1.67. The number of nitro benzene ring substituents is 1. The Kier molecular flexibility index (Phi) is 6.00. The highest BCUT2D eigenvalue weighted by molar-refractivity contribution is 5.99. The standard InChI is InChI=1S/C18H18FN3O4/c1-3-12-6-4-5-7-16(12)20-17(23)11-21(2)18(24)14-9-8-13(22(25)26)10-15(14)19/h4-10H,3,11H2,1-2H3,(H,20,23). The topological polar surface area (TPSA) is 92.6 Å². The summed E-state index contributed by atoms with van der Waals surface area (Å²) < 4.78 is 14.0. The van der Waals surface area contributed by atoms with Crippen molar-refractivity contribution in [1.29, 1.82) is 0 Å². The Labute approximate surface area is 149 Å². The van der Waals surface area contributed by atoms with E-state index in [9.17, 15) is 24.1 Å². The Morgan fingerprint density at radius 1 is 1.23 bits per heavy atom. The Morgan fingerprint density at radius 2 is 1.92 bits per heavy atom. The number of amides is 2. The Morgan fingerprint density at radius 3 is 2.54 bits per heavy atom. The maximum absolute atomic E-state index is 14.0. The van der Waals surface area contributed by atoms with E-state index in [0.717, 1.165) is 29.0 Å². The van der Waals surface area contributed by atoms with Crippen LogP contribution in [0.4, 0.5) is 15.8 Å². The number of aryl methyl sites for hydroxylation is 1. The molecule has 2 aromatic rings. The molecule has 1 N–H and O–H groups in total. The molecule has 0 aliphatic heterocycles. The molecule has 2 amide bonds. The quantitative estimate of drug-likeness (QED) is 0.634. The van der Waals surface area contributed by atoms with Crippen molar-refractivity contribution >= 4 is 23.2 Å². The first-order chi connectivity index (χ1) is 12.3. The lowest BCUT2D eigenvalue weighted by Gasteiger charge is -2.18. The van der Waals surface area contributed by atoms with Gasteiger partial charge in [0.15, 0.2) is 0 Å². The number of likely N-dealkylation sites (N-methyl/N-ethyl adjacent to an activating group) is 1. The monoisotopic (exact) mass is 359 g/mol. The minimum absolute atomic E-state index is 0.284. The predicted octanol–water partition coefficient (Wildman–Crippen LogP) is 3.01. The number of nitrogens with zero attached hydrogens (tertiary/aromatic N) is 2. The van der Waals surface area contributed by atoms with Gasteiger partial charge < -0.3 is 10.2 Å². The van der Waals surface area contributed by atoms with Gasteiger partial charge in [0, 0.05) is 18.8 Å². The molecular weight excluding hydrogens is 341 g/mol. The van der Waals surface area contributed by atoms with Crippen LogP contribution in [0.25, 0.3) is 0 Å². The van der Waals surface area contributed by atoms with Gasteiger partial charge in [0.1, 0.15) is 5.82 Å². The highest BCUT2D eigenvalue weighted by Gasteiger charge is 2.21. The number of rotatable bonds is 6. The first kappa shape index (κ1) is 19.0. The molecule has 0 saturated carbocycles. The SMILES string of the molecule is CCc1ccccc1NC(=O)CN(C)C(=O)c1ccc([N+](=O)[O-])cc1F. The molecule has 0 saturated heterocycles. The average Bonchev–Trinajstić information content (AvgIpc) is 2.61. The van der Waals surface area contributed by atoms with Gasteiger partial charge in [0.05, 0.1) is 23.1 Å². The maximum atomic E-state index is 14.0. The van der Waals surface area contributed by atoms with Crippen molar-refractivity contribution in [2.24, 2.45) is 0 Å². The number of halogens is 1. The van der Waals surface area contributed by atoms with E-state index in [-0.39, 0.29) is 12.1 Å². The number of carbonyl (C=O) groups excluding carboxylic acids is 2. The Hall–Kier alpha value is -3.29. The van der Waals surface area contributed by atoms with Gasteiger partial charge in [-0.25, -0.2) is 4.39 Å². The number of hydrogen-bond acceptors (Lipinski definition) is 4. The molecule has 2 aromatic carbocycles. The predicted molar refractivity (Wildman–Crippen MR) is 94.5 cm³/mol. The van der Waals surface area contributed by atoms with Gasteiger partial charge in [-0.1, -0.05) is 25.1 Å². The van der Waals surface area contributed by atoms with Gasteiger partial charge in [-0.15, -0.1) is 0 Å². The Balaban J connectivity index is 2.07. The zero-order chi connectivity index (χ0) is 19.3. The summed E-state index contributed by atoms with van der Waals surface area (Å²) >= 11 is 0. The van der Waals surface area contributed by atoms with Crippen LogP contribution in [0.3, 0.4) is 0 Å². The van der Waals surface area contributed by atoms with Crippen LogP contribution in [0.15, 0.2) is 42.5 Å². The van der Waals surface area contributed by atoms with Gasteiger partial charge in [-0.3, -0.25) is 19.7 Å². The lowest BCUT2D eigenvalue weighted by molar-refractivity contribution is -0.385. The van der Waals surface area contributed by atoms with Gasteiger partial charge in [0.2, 0.25) is 5.91 Å². The van der Waals surface area contributed by atoms with Crippen LogP contribution < -0.4 is 5.32 Å². The number of nitrogens with one attached hydrogen (secondary N) is 1. The fourth-order valence-corrected chi connectivity index (χ4v) is 2.42. The summed E-state index contributed by atoms with van der Waals surface area (Å²) in [5.41, 5.74) is 0.828.